The molecule has 4 rings (SSSR count). The maximum absolute atomic E-state index is 13.1. The highest BCUT2D eigenvalue weighted by Crippen LogP contribution is 2.48. The molecule has 0 unspecified atom stereocenters. The third-order valence-electron chi connectivity index (χ3n) is 5.63. The third kappa shape index (κ3) is 4.43. The fourth-order valence-corrected chi connectivity index (χ4v) is 3.66. The van der Waals surface area contributed by atoms with Crippen molar-refractivity contribution in [3.63, 3.8) is 0 Å². The van der Waals surface area contributed by atoms with Crippen LogP contribution in [0.15, 0.2) is 84.9 Å². The van der Waals surface area contributed by atoms with E-state index in [1.54, 1.807) is 12.0 Å². The van der Waals surface area contributed by atoms with Crippen LogP contribution in [0.4, 0.5) is 10.5 Å². The van der Waals surface area contributed by atoms with Crippen LogP contribution in [0.1, 0.15) is 24.0 Å². The van der Waals surface area contributed by atoms with Crippen molar-refractivity contribution >= 4 is 11.7 Å². The van der Waals surface area contributed by atoms with Crippen LogP contribution < -0.4 is 15.0 Å². The summed E-state index contributed by atoms with van der Waals surface area (Å²) >= 11 is 0. The summed E-state index contributed by atoms with van der Waals surface area (Å²) in [4.78, 5) is 15.0. The lowest BCUT2D eigenvalue weighted by Crippen LogP contribution is -2.42. The van der Waals surface area contributed by atoms with Crippen molar-refractivity contribution < 1.29 is 9.53 Å². The molecule has 0 bridgehead atoms. The number of rotatable bonds is 7. The summed E-state index contributed by atoms with van der Waals surface area (Å²) < 4.78 is 5.26. The summed E-state index contributed by atoms with van der Waals surface area (Å²) in [5.74, 6) is 0.853. The van der Waals surface area contributed by atoms with E-state index in [4.69, 9.17) is 4.74 Å². The topological polar surface area (TPSA) is 41.6 Å². The van der Waals surface area contributed by atoms with E-state index < -0.39 is 0 Å². The smallest absolute Gasteiger partial charge is 0.322 e. The molecule has 3 aromatic rings. The fourth-order valence-electron chi connectivity index (χ4n) is 3.66. The normalized spacial score (nSPS) is 14.1. The summed E-state index contributed by atoms with van der Waals surface area (Å²) in [6, 6.07) is 28.0. The zero-order valence-electron chi connectivity index (χ0n) is 16.7. The van der Waals surface area contributed by atoms with Gasteiger partial charge in [-0.15, -0.1) is 0 Å². The van der Waals surface area contributed by atoms with Gasteiger partial charge >= 0.3 is 6.03 Å². The fraction of sp³-hybridized carbons (Fsp3) is 0.240. The molecule has 1 aliphatic rings. The Kier molecular flexibility index (Phi) is 5.52. The van der Waals surface area contributed by atoms with Gasteiger partial charge in [0.25, 0.3) is 0 Å². The van der Waals surface area contributed by atoms with Crippen LogP contribution in [-0.2, 0) is 12.0 Å². The van der Waals surface area contributed by atoms with Gasteiger partial charge in [0, 0.05) is 17.6 Å². The van der Waals surface area contributed by atoms with E-state index in [9.17, 15) is 4.79 Å². The van der Waals surface area contributed by atoms with Crippen molar-refractivity contribution in [3.8, 4) is 5.75 Å². The number of nitrogens with zero attached hydrogens (tertiary/aromatic N) is 1. The van der Waals surface area contributed by atoms with E-state index in [1.165, 1.54) is 5.56 Å². The lowest BCUT2D eigenvalue weighted by atomic mass is 9.96. The summed E-state index contributed by atoms with van der Waals surface area (Å²) in [7, 11) is 1.67. The molecule has 0 spiro atoms. The lowest BCUT2D eigenvalue weighted by Gasteiger charge is -2.25. The number of methoxy groups -OCH3 is 1. The van der Waals surface area contributed by atoms with Crippen LogP contribution in [0, 0.1) is 0 Å². The minimum absolute atomic E-state index is 0.0387. The molecule has 4 heteroatoms. The number of nitrogens with one attached hydrogen (secondary N) is 1. The van der Waals surface area contributed by atoms with Crippen molar-refractivity contribution in [1.82, 2.24) is 5.32 Å². The number of benzene rings is 3. The van der Waals surface area contributed by atoms with E-state index in [2.05, 4.69) is 17.4 Å². The van der Waals surface area contributed by atoms with Crippen molar-refractivity contribution in [3.05, 3.63) is 96.1 Å². The number of anilines is 1. The van der Waals surface area contributed by atoms with Gasteiger partial charge in [0.05, 0.1) is 13.7 Å². The van der Waals surface area contributed by atoms with Gasteiger partial charge in [-0.05, 0) is 48.2 Å². The van der Waals surface area contributed by atoms with E-state index >= 15 is 0 Å². The molecular formula is C25H26N2O2. The van der Waals surface area contributed by atoms with Crippen LogP contribution in [0.5, 0.6) is 5.75 Å². The Hall–Kier alpha value is -3.27. The summed E-state index contributed by atoms with van der Waals surface area (Å²) in [6.45, 7) is 1.17. The van der Waals surface area contributed by atoms with E-state index in [1.807, 2.05) is 72.8 Å². The molecule has 4 nitrogen and oxygen atoms in total. The maximum Gasteiger partial charge on any atom is 0.322 e. The molecule has 1 aliphatic carbocycles. The number of ether oxygens (including phenoxy) is 1. The summed E-state index contributed by atoms with van der Waals surface area (Å²) in [5, 5.41) is 3.19. The van der Waals surface area contributed by atoms with Gasteiger partial charge in [0.2, 0.25) is 0 Å². The Balaban J connectivity index is 1.47. The highest BCUT2D eigenvalue weighted by atomic mass is 16.5. The second kappa shape index (κ2) is 8.39. The third-order valence-corrected chi connectivity index (χ3v) is 5.63. The molecule has 3 aromatic carbocycles. The molecule has 1 saturated carbocycles. The first-order valence-electron chi connectivity index (χ1n) is 9.99. The Morgan fingerprint density at radius 2 is 1.55 bits per heavy atom. The molecule has 0 heterocycles. The molecule has 29 heavy (non-hydrogen) atoms. The number of hydrogen-bond acceptors (Lipinski definition) is 2. The first-order valence-corrected chi connectivity index (χ1v) is 9.99. The Labute approximate surface area is 172 Å². The summed E-state index contributed by atoms with van der Waals surface area (Å²) in [5.41, 5.74) is 3.29. The van der Waals surface area contributed by atoms with E-state index in [-0.39, 0.29) is 11.4 Å². The molecule has 148 valence electrons. The molecular weight excluding hydrogens is 360 g/mol. The average molecular weight is 386 g/mol. The zero-order valence-corrected chi connectivity index (χ0v) is 16.7. The van der Waals surface area contributed by atoms with Gasteiger partial charge in [0.1, 0.15) is 5.75 Å². The van der Waals surface area contributed by atoms with E-state index in [0.29, 0.717) is 13.1 Å². The molecule has 0 radical (unpaired) electrons. The van der Waals surface area contributed by atoms with Gasteiger partial charge in [-0.2, -0.15) is 0 Å². The molecule has 0 aromatic heterocycles. The standard InChI is InChI=1S/C25H26N2O2/c1-29-23-14-12-21(13-15-23)25(16-17-25)19-26-24(28)27(22-10-6-3-7-11-22)18-20-8-4-2-5-9-20/h2-15H,16-19H2,1H3,(H,26,28). The number of urea groups is 1. The van der Waals surface area contributed by atoms with Crippen molar-refractivity contribution in [2.75, 3.05) is 18.6 Å². The highest BCUT2D eigenvalue weighted by molar-refractivity contribution is 5.92. The van der Waals surface area contributed by atoms with Gasteiger partial charge in [-0.25, -0.2) is 4.79 Å². The second-order valence-electron chi connectivity index (χ2n) is 7.57. The number of para-hydroxylation sites is 1. The highest BCUT2D eigenvalue weighted by Gasteiger charge is 2.44. The first-order chi connectivity index (χ1) is 14.2. The Morgan fingerprint density at radius 1 is 0.931 bits per heavy atom. The quantitative estimate of drug-likeness (QED) is 0.611. The first kappa shape index (κ1) is 19.1. The minimum Gasteiger partial charge on any atom is -0.497 e. The minimum atomic E-state index is -0.0696. The maximum atomic E-state index is 13.1. The van der Waals surface area contributed by atoms with Gasteiger partial charge in [-0.1, -0.05) is 60.7 Å². The predicted octanol–water partition coefficient (Wildman–Crippen LogP) is 5.14. The molecule has 0 aliphatic heterocycles. The van der Waals surface area contributed by atoms with Gasteiger partial charge in [-0.3, -0.25) is 4.90 Å². The van der Waals surface area contributed by atoms with Crippen molar-refractivity contribution in [1.29, 1.82) is 0 Å². The zero-order chi connectivity index (χ0) is 20.1. The number of amides is 2. The lowest BCUT2D eigenvalue weighted by molar-refractivity contribution is 0.245. The predicted molar refractivity (Wildman–Crippen MR) is 116 cm³/mol. The summed E-state index contributed by atoms with van der Waals surface area (Å²) in [6.07, 6.45) is 2.17. The molecule has 0 atom stereocenters. The Bertz CT molecular complexity index is 936. The largest absolute Gasteiger partial charge is 0.497 e. The van der Waals surface area contributed by atoms with Crippen molar-refractivity contribution in [2.24, 2.45) is 0 Å². The van der Waals surface area contributed by atoms with Crippen LogP contribution in [0.2, 0.25) is 0 Å². The van der Waals surface area contributed by atoms with Gasteiger partial charge in [0.15, 0.2) is 0 Å². The van der Waals surface area contributed by atoms with Crippen molar-refractivity contribution in [2.45, 2.75) is 24.8 Å². The average Bonchev–Trinajstić information content (AvgIpc) is 3.58. The second-order valence-corrected chi connectivity index (χ2v) is 7.57. The van der Waals surface area contributed by atoms with Crippen LogP contribution >= 0.6 is 0 Å². The van der Waals surface area contributed by atoms with E-state index in [0.717, 1.165) is 29.8 Å². The number of hydrogen-bond donors (Lipinski definition) is 1. The monoisotopic (exact) mass is 386 g/mol. The Morgan fingerprint density at radius 3 is 2.14 bits per heavy atom. The molecule has 1 N–H and O–H groups in total. The van der Waals surface area contributed by atoms with Crippen LogP contribution in [0.25, 0.3) is 0 Å². The molecule has 0 saturated heterocycles. The SMILES string of the molecule is COc1ccc(C2(CNC(=O)N(Cc3ccccc3)c3ccccc3)CC2)cc1. The van der Waals surface area contributed by atoms with Gasteiger partial charge < -0.3 is 10.1 Å². The number of carbonyl (C=O) groups excluding carboxylic acids is 1. The number of carbonyl (C=O) groups is 1. The molecule has 1 fully saturated rings. The van der Waals surface area contributed by atoms with Crippen LogP contribution in [0.3, 0.4) is 0 Å². The molecule has 2 amide bonds. The van der Waals surface area contributed by atoms with Crippen LogP contribution in [-0.4, -0.2) is 19.7 Å².